The van der Waals surface area contributed by atoms with Crippen LogP contribution in [0.5, 0.6) is 0 Å². The lowest BCUT2D eigenvalue weighted by molar-refractivity contribution is 0.0704. The number of aromatic nitrogens is 4. The molecule has 0 spiro atoms. The first-order valence-corrected chi connectivity index (χ1v) is 12.1. The lowest BCUT2D eigenvalue weighted by Crippen LogP contribution is -2.38. The van der Waals surface area contributed by atoms with E-state index in [1.54, 1.807) is 4.68 Å². The smallest absolute Gasteiger partial charge is 0.274 e. The van der Waals surface area contributed by atoms with Gasteiger partial charge in [0.1, 0.15) is 17.3 Å². The van der Waals surface area contributed by atoms with Gasteiger partial charge in [0.05, 0.1) is 0 Å². The van der Waals surface area contributed by atoms with Crippen LogP contribution in [0.3, 0.4) is 0 Å². The van der Waals surface area contributed by atoms with Gasteiger partial charge in [-0.3, -0.25) is 9.48 Å². The van der Waals surface area contributed by atoms with Crippen LogP contribution in [-0.2, 0) is 19.5 Å². The van der Waals surface area contributed by atoms with Gasteiger partial charge >= 0.3 is 0 Å². The molecule has 7 heteroatoms. The van der Waals surface area contributed by atoms with Crippen molar-refractivity contribution in [3.63, 3.8) is 0 Å². The largest absolute Gasteiger partial charge is 0.352 e. The molecule has 1 amide bonds. The Labute approximate surface area is 195 Å². The first-order chi connectivity index (χ1) is 16.1. The molecule has 0 bridgehead atoms. The second-order valence-corrected chi connectivity index (χ2v) is 9.10. The predicted molar refractivity (Wildman–Crippen MR) is 128 cm³/mol. The summed E-state index contributed by atoms with van der Waals surface area (Å²) in [4.78, 5) is 27.2. The van der Waals surface area contributed by atoms with Gasteiger partial charge < -0.3 is 9.80 Å². The minimum absolute atomic E-state index is 0.0252. The molecule has 0 atom stereocenters. The Morgan fingerprint density at radius 1 is 1.06 bits per heavy atom. The number of hydrogen-bond donors (Lipinski definition) is 0. The first-order valence-electron chi connectivity index (χ1n) is 12.1. The van der Waals surface area contributed by atoms with E-state index in [2.05, 4.69) is 47.3 Å². The van der Waals surface area contributed by atoms with Crippen molar-refractivity contribution in [2.45, 2.75) is 58.5 Å². The molecule has 0 saturated carbocycles. The SMILES string of the molecule is CCn1ccc(C(=O)N2CCC(c3nc(C)c4c(n3)N(Cc3ccccc3)CCC4)CC2)n1. The summed E-state index contributed by atoms with van der Waals surface area (Å²) in [7, 11) is 0. The van der Waals surface area contributed by atoms with Crippen molar-refractivity contribution in [3.05, 3.63) is 70.9 Å². The number of likely N-dealkylation sites (tertiary alicyclic amines) is 1. The number of anilines is 1. The summed E-state index contributed by atoms with van der Waals surface area (Å²) >= 11 is 0. The van der Waals surface area contributed by atoms with E-state index in [0.717, 1.165) is 75.7 Å². The molecule has 0 N–H and O–H groups in total. The minimum atomic E-state index is 0.0252. The van der Waals surface area contributed by atoms with Gasteiger partial charge in [0.25, 0.3) is 5.91 Å². The molecular formula is C26H32N6O. The summed E-state index contributed by atoms with van der Waals surface area (Å²) in [6, 6.07) is 12.4. The second-order valence-electron chi connectivity index (χ2n) is 9.10. The maximum Gasteiger partial charge on any atom is 0.274 e. The third-order valence-electron chi connectivity index (χ3n) is 6.91. The van der Waals surface area contributed by atoms with Crippen molar-refractivity contribution in [1.29, 1.82) is 0 Å². The van der Waals surface area contributed by atoms with E-state index < -0.39 is 0 Å². The van der Waals surface area contributed by atoms with Crippen LogP contribution in [0.1, 0.15) is 65.2 Å². The Balaban J connectivity index is 1.31. The summed E-state index contributed by atoms with van der Waals surface area (Å²) in [5, 5.41) is 4.38. The highest BCUT2D eigenvalue weighted by Gasteiger charge is 2.29. The molecule has 4 heterocycles. The zero-order chi connectivity index (χ0) is 22.8. The molecule has 3 aromatic rings. The summed E-state index contributed by atoms with van der Waals surface area (Å²) in [5.41, 5.74) is 4.24. The fourth-order valence-electron chi connectivity index (χ4n) is 5.00. The minimum Gasteiger partial charge on any atom is -0.352 e. The van der Waals surface area contributed by atoms with Gasteiger partial charge in [0.2, 0.25) is 0 Å². The number of amides is 1. The van der Waals surface area contributed by atoms with Crippen LogP contribution in [0.15, 0.2) is 42.6 Å². The molecule has 2 aliphatic heterocycles. The quantitative estimate of drug-likeness (QED) is 0.596. The van der Waals surface area contributed by atoms with Crippen LogP contribution >= 0.6 is 0 Å². The molecule has 1 saturated heterocycles. The van der Waals surface area contributed by atoms with Crippen LogP contribution in [0.4, 0.5) is 5.82 Å². The normalized spacial score (nSPS) is 16.7. The third kappa shape index (κ3) is 4.49. The summed E-state index contributed by atoms with van der Waals surface area (Å²) < 4.78 is 1.80. The monoisotopic (exact) mass is 444 g/mol. The number of aryl methyl sites for hydroxylation is 2. The van der Waals surface area contributed by atoms with Crippen molar-refractivity contribution in [1.82, 2.24) is 24.6 Å². The predicted octanol–water partition coefficient (Wildman–Crippen LogP) is 3.97. The number of hydrogen-bond acceptors (Lipinski definition) is 5. The number of fused-ring (bicyclic) bond motifs is 1. The zero-order valence-corrected chi connectivity index (χ0v) is 19.6. The number of carbonyl (C=O) groups excluding carboxylic acids is 1. The number of carbonyl (C=O) groups is 1. The highest BCUT2D eigenvalue weighted by atomic mass is 16.2. The molecule has 2 aliphatic rings. The maximum atomic E-state index is 12.8. The summed E-state index contributed by atoms with van der Waals surface area (Å²) in [5.74, 6) is 2.36. The Kier molecular flexibility index (Phi) is 6.11. The fourth-order valence-corrected chi connectivity index (χ4v) is 5.00. The molecular weight excluding hydrogens is 412 g/mol. The van der Waals surface area contributed by atoms with Gasteiger partial charge in [-0.05, 0) is 51.2 Å². The highest BCUT2D eigenvalue weighted by molar-refractivity contribution is 5.92. The van der Waals surface area contributed by atoms with Crippen molar-refractivity contribution in [3.8, 4) is 0 Å². The highest BCUT2D eigenvalue weighted by Crippen LogP contribution is 2.33. The molecule has 7 nitrogen and oxygen atoms in total. The maximum absolute atomic E-state index is 12.8. The Morgan fingerprint density at radius 3 is 2.58 bits per heavy atom. The van der Waals surface area contributed by atoms with Crippen molar-refractivity contribution in [2.24, 2.45) is 0 Å². The van der Waals surface area contributed by atoms with Crippen molar-refractivity contribution in [2.75, 3.05) is 24.5 Å². The van der Waals surface area contributed by atoms with Crippen LogP contribution in [0.2, 0.25) is 0 Å². The molecule has 0 unspecified atom stereocenters. The van der Waals surface area contributed by atoms with Crippen molar-refractivity contribution >= 4 is 11.7 Å². The van der Waals surface area contributed by atoms with E-state index in [0.29, 0.717) is 5.69 Å². The van der Waals surface area contributed by atoms with E-state index in [1.165, 1.54) is 11.1 Å². The second kappa shape index (κ2) is 9.33. The van der Waals surface area contributed by atoms with Gasteiger partial charge in [0, 0.05) is 56.1 Å². The van der Waals surface area contributed by atoms with Crippen molar-refractivity contribution < 1.29 is 4.79 Å². The summed E-state index contributed by atoms with van der Waals surface area (Å²) in [6.07, 6.45) is 5.82. The van der Waals surface area contributed by atoms with Gasteiger partial charge in [-0.25, -0.2) is 9.97 Å². The Morgan fingerprint density at radius 2 is 1.85 bits per heavy atom. The average molecular weight is 445 g/mol. The molecule has 0 aliphatic carbocycles. The van der Waals surface area contributed by atoms with Gasteiger partial charge in [-0.2, -0.15) is 5.10 Å². The number of benzene rings is 1. The third-order valence-corrected chi connectivity index (χ3v) is 6.91. The molecule has 1 aromatic carbocycles. The average Bonchev–Trinajstić information content (AvgIpc) is 3.34. The van der Waals surface area contributed by atoms with Crippen LogP contribution in [0.25, 0.3) is 0 Å². The molecule has 0 radical (unpaired) electrons. The molecule has 33 heavy (non-hydrogen) atoms. The molecule has 2 aromatic heterocycles. The first kappa shape index (κ1) is 21.6. The fraction of sp³-hybridized carbons (Fsp3) is 0.462. The van der Waals surface area contributed by atoms with Crippen LogP contribution in [0, 0.1) is 6.92 Å². The number of nitrogens with zero attached hydrogens (tertiary/aromatic N) is 6. The Bertz CT molecular complexity index is 1120. The number of piperidine rings is 1. The molecule has 172 valence electrons. The van der Waals surface area contributed by atoms with E-state index in [1.807, 2.05) is 24.1 Å². The van der Waals surface area contributed by atoms with E-state index >= 15 is 0 Å². The van der Waals surface area contributed by atoms with Crippen LogP contribution in [-0.4, -0.2) is 50.2 Å². The molecule has 1 fully saturated rings. The van der Waals surface area contributed by atoms with E-state index in [4.69, 9.17) is 9.97 Å². The lowest BCUT2D eigenvalue weighted by atomic mass is 9.94. The number of rotatable bonds is 5. The van der Waals surface area contributed by atoms with Gasteiger partial charge in [0.15, 0.2) is 0 Å². The Hall–Kier alpha value is -3.22. The van der Waals surface area contributed by atoms with Crippen LogP contribution < -0.4 is 4.90 Å². The van der Waals surface area contributed by atoms with E-state index in [9.17, 15) is 4.79 Å². The summed E-state index contributed by atoms with van der Waals surface area (Å²) in [6.45, 7) is 8.25. The standard InChI is InChI=1S/C26H32N6O/c1-3-32-17-13-23(29-32)26(33)30-15-11-21(12-16-30)24-27-19(2)22-10-7-14-31(25(22)28-24)18-20-8-5-4-6-9-20/h4-6,8-9,13,17,21H,3,7,10-12,14-16,18H2,1-2H3. The van der Waals surface area contributed by atoms with E-state index in [-0.39, 0.29) is 11.8 Å². The zero-order valence-electron chi connectivity index (χ0n) is 19.6. The lowest BCUT2D eigenvalue weighted by Gasteiger charge is -2.34. The topological polar surface area (TPSA) is 67.2 Å². The van der Waals surface area contributed by atoms with Gasteiger partial charge in [-0.15, -0.1) is 0 Å². The molecule has 5 rings (SSSR count). The van der Waals surface area contributed by atoms with Gasteiger partial charge in [-0.1, -0.05) is 30.3 Å².